The summed E-state index contributed by atoms with van der Waals surface area (Å²) in [5, 5.41) is 2.75. The molecule has 1 aromatic heterocycles. The number of hydrogen-bond donors (Lipinski definition) is 2. The van der Waals surface area contributed by atoms with Crippen LogP contribution in [0.3, 0.4) is 0 Å². The van der Waals surface area contributed by atoms with Gasteiger partial charge in [-0.05, 0) is 6.92 Å². The highest BCUT2D eigenvalue weighted by Gasteiger charge is 2.28. The summed E-state index contributed by atoms with van der Waals surface area (Å²) in [5.41, 5.74) is 0. The van der Waals surface area contributed by atoms with E-state index in [9.17, 15) is 14.4 Å². The molecule has 102 valence electrons. The maximum atomic E-state index is 11.7. The van der Waals surface area contributed by atoms with Gasteiger partial charge in [-0.25, -0.2) is 4.98 Å². The molecular weight excluding hydrogens is 248 g/mol. The van der Waals surface area contributed by atoms with E-state index >= 15 is 0 Å². The molecular formula is C12H16N4O3. The van der Waals surface area contributed by atoms with Crippen molar-refractivity contribution >= 4 is 17.7 Å². The minimum atomic E-state index is -0.229. The summed E-state index contributed by atoms with van der Waals surface area (Å²) in [6, 6.07) is -0.229. The minimum Gasteiger partial charge on any atom is -0.347 e. The number of aromatic nitrogens is 2. The Morgan fingerprint density at radius 3 is 2.74 bits per heavy atom. The molecule has 2 heterocycles. The van der Waals surface area contributed by atoms with E-state index in [1.165, 1.54) is 0 Å². The quantitative estimate of drug-likeness (QED) is 0.739. The maximum absolute atomic E-state index is 11.7. The van der Waals surface area contributed by atoms with E-state index in [2.05, 4.69) is 15.3 Å². The number of carbonyl (C=O) groups is 3. The third-order valence-electron chi connectivity index (χ3n) is 3.02. The predicted molar refractivity (Wildman–Crippen MR) is 65.7 cm³/mol. The average molecular weight is 264 g/mol. The van der Waals surface area contributed by atoms with Crippen molar-refractivity contribution in [3.8, 4) is 0 Å². The van der Waals surface area contributed by atoms with Crippen molar-refractivity contribution in [2.75, 3.05) is 6.54 Å². The van der Waals surface area contributed by atoms with E-state index < -0.39 is 0 Å². The van der Waals surface area contributed by atoms with Crippen LogP contribution in [-0.2, 0) is 14.4 Å². The average Bonchev–Trinajstić information content (AvgIpc) is 2.98. The van der Waals surface area contributed by atoms with Crippen molar-refractivity contribution in [2.24, 2.45) is 0 Å². The van der Waals surface area contributed by atoms with E-state index in [4.69, 9.17) is 0 Å². The first-order valence-corrected chi connectivity index (χ1v) is 6.19. The number of rotatable bonds is 5. The Kier molecular flexibility index (Phi) is 3.94. The van der Waals surface area contributed by atoms with E-state index in [1.54, 1.807) is 12.4 Å². The number of nitrogens with zero attached hydrogens (tertiary/aromatic N) is 2. The smallest absolute Gasteiger partial charge is 0.229 e. The van der Waals surface area contributed by atoms with Crippen molar-refractivity contribution < 1.29 is 14.4 Å². The third-order valence-corrected chi connectivity index (χ3v) is 3.02. The zero-order valence-corrected chi connectivity index (χ0v) is 10.7. The Morgan fingerprint density at radius 2 is 2.16 bits per heavy atom. The fourth-order valence-electron chi connectivity index (χ4n) is 1.98. The van der Waals surface area contributed by atoms with Crippen LogP contribution in [0.2, 0.25) is 0 Å². The van der Waals surface area contributed by atoms with E-state index in [0.29, 0.717) is 5.82 Å². The zero-order chi connectivity index (χ0) is 13.8. The number of likely N-dealkylation sites (tertiary alicyclic amines) is 1. The molecule has 0 radical (unpaired) electrons. The molecule has 0 bridgehead atoms. The van der Waals surface area contributed by atoms with Crippen LogP contribution in [0, 0.1) is 0 Å². The molecule has 7 heteroatoms. The molecule has 0 spiro atoms. The summed E-state index contributed by atoms with van der Waals surface area (Å²) in [6.07, 6.45) is 3.91. The highest BCUT2D eigenvalue weighted by Crippen LogP contribution is 2.12. The van der Waals surface area contributed by atoms with Crippen LogP contribution in [0.25, 0.3) is 0 Å². The highest BCUT2D eigenvalue weighted by atomic mass is 16.2. The van der Waals surface area contributed by atoms with Crippen LogP contribution in [0.15, 0.2) is 12.4 Å². The molecule has 1 unspecified atom stereocenters. The number of H-pyrrole nitrogens is 1. The van der Waals surface area contributed by atoms with Crippen molar-refractivity contribution in [2.45, 2.75) is 32.2 Å². The first-order valence-electron chi connectivity index (χ1n) is 6.19. The number of nitrogens with one attached hydrogen (secondary N) is 2. The molecule has 1 aromatic rings. The van der Waals surface area contributed by atoms with Crippen molar-refractivity contribution in [3.63, 3.8) is 0 Å². The first-order chi connectivity index (χ1) is 9.08. The van der Waals surface area contributed by atoms with Crippen LogP contribution < -0.4 is 5.32 Å². The number of carbonyl (C=O) groups excluding carboxylic acids is 3. The molecule has 19 heavy (non-hydrogen) atoms. The third kappa shape index (κ3) is 3.18. The number of amides is 3. The van der Waals surface area contributed by atoms with Crippen LogP contribution in [0.5, 0.6) is 0 Å². The second kappa shape index (κ2) is 5.64. The standard InChI is InChI=1S/C12H16N4O3/c1-8(12-13-5-6-14-12)15-9(17)4-7-16-10(18)2-3-11(16)19/h5-6,8H,2-4,7H2,1H3,(H,13,14)(H,15,17). The lowest BCUT2D eigenvalue weighted by molar-refractivity contribution is -0.138. The number of imide groups is 1. The van der Waals surface area contributed by atoms with E-state index in [1.807, 2.05) is 6.92 Å². The Bertz CT molecular complexity index is 467. The maximum Gasteiger partial charge on any atom is 0.229 e. The number of aromatic amines is 1. The summed E-state index contributed by atoms with van der Waals surface area (Å²) in [7, 11) is 0. The monoisotopic (exact) mass is 264 g/mol. The Labute approximate surface area is 110 Å². The molecule has 3 amide bonds. The Hall–Kier alpha value is -2.18. The number of imidazole rings is 1. The van der Waals surface area contributed by atoms with Gasteiger partial charge < -0.3 is 10.3 Å². The Balaban J connectivity index is 1.79. The molecule has 7 nitrogen and oxygen atoms in total. The second-order valence-electron chi connectivity index (χ2n) is 4.45. The summed E-state index contributed by atoms with van der Waals surface area (Å²) in [6.45, 7) is 1.96. The lowest BCUT2D eigenvalue weighted by Gasteiger charge is -2.15. The van der Waals surface area contributed by atoms with E-state index in [0.717, 1.165) is 4.90 Å². The first kappa shape index (κ1) is 13.3. The van der Waals surface area contributed by atoms with Crippen molar-refractivity contribution in [1.29, 1.82) is 0 Å². The molecule has 2 rings (SSSR count). The molecule has 1 atom stereocenters. The normalized spacial score (nSPS) is 16.8. The van der Waals surface area contributed by atoms with Gasteiger partial charge in [0.1, 0.15) is 5.82 Å². The van der Waals surface area contributed by atoms with Gasteiger partial charge in [-0.15, -0.1) is 0 Å². The van der Waals surface area contributed by atoms with Gasteiger partial charge in [0.05, 0.1) is 6.04 Å². The van der Waals surface area contributed by atoms with Gasteiger partial charge in [-0.1, -0.05) is 0 Å². The van der Waals surface area contributed by atoms with Gasteiger partial charge in [0.2, 0.25) is 17.7 Å². The van der Waals surface area contributed by atoms with Crippen LogP contribution >= 0.6 is 0 Å². The molecule has 1 saturated heterocycles. The lowest BCUT2D eigenvalue weighted by Crippen LogP contribution is -2.35. The SMILES string of the molecule is CC(NC(=O)CCN1C(=O)CCC1=O)c1ncc[nH]1. The summed E-state index contributed by atoms with van der Waals surface area (Å²) in [4.78, 5) is 42.5. The highest BCUT2D eigenvalue weighted by molar-refractivity contribution is 6.02. The topological polar surface area (TPSA) is 95.2 Å². The number of hydrogen-bond acceptors (Lipinski definition) is 4. The molecule has 0 saturated carbocycles. The van der Waals surface area contributed by atoms with Gasteiger partial charge in [-0.2, -0.15) is 0 Å². The van der Waals surface area contributed by atoms with Crippen molar-refractivity contribution in [1.82, 2.24) is 20.2 Å². The van der Waals surface area contributed by atoms with Gasteiger partial charge in [0, 0.05) is 38.2 Å². The largest absolute Gasteiger partial charge is 0.347 e. The van der Waals surface area contributed by atoms with Gasteiger partial charge in [0.25, 0.3) is 0 Å². The lowest BCUT2D eigenvalue weighted by atomic mass is 10.3. The zero-order valence-electron chi connectivity index (χ0n) is 10.7. The van der Waals surface area contributed by atoms with Gasteiger partial charge >= 0.3 is 0 Å². The summed E-state index contributed by atoms with van der Waals surface area (Å²) < 4.78 is 0. The molecule has 1 aliphatic heterocycles. The van der Waals surface area contributed by atoms with Gasteiger partial charge in [0.15, 0.2) is 0 Å². The fourth-order valence-corrected chi connectivity index (χ4v) is 1.98. The molecule has 1 fully saturated rings. The van der Waals surface area contributed by atoms with Crippen LogP contribution in [0.4, 0.5) is 0 Å². The predicted octanol–water partition coefficient (Wildman–Crippen LogP) is 0.126. The summed E-state index contributed by atoms with van der Waals surface area (Å²) >= 11 is 0. The van der Waals surface area contributed by atoms with Gasteiger partial charge in [-0.3, -0.25) is 19.3 Å². The van der Waals surface area contributed by atoms with Crippen molar-refractivity contribution in [3.05, 3.63) is 18.2 Å². The minimum absolute atomic E-state index is 0.114. The molecule has 2 N–H and O–H groups in total. The molecule has 0 aromatic carbocycles. The second-order valence-corrected chi connectivity index (χ2v) is 4.45. The van der Waals surface area contributed by atoms with Crippen LogP contribution in [0.1, 0.15) is 38.1 Å². The Morgan fingerprint density at radius 1 is 1.47 bits per heavy atom. The molecule has 0 aliphatic carbocycles. The molecule has 1 aliphatic rings. The van der Waals surface area contributed by atoms with E-state index in [-0.39, 0.29) is 49.6 Å². The van der Waals surface area contributed by atoms with Crippen LogP contribution in [-0.4, -0.2) is 39.1 Å². The summed E-state index contributed by atoms with van der Waals surface area (Å²) in [5.74, 6) is 0.0619. The fraction of sp³-hybridized carbons (Fsp3) is 0.500.